The minimum absolute atomic E-state index is 0.114. The summed E-state index contributed by atoms with van der Waals surface area (Å²) in [5.74, 6) is 0.898. The second-order valence-electron chi connectivity index (χ2n) is 10.3. The second kappa shape index (κ2) is 8.15. The lowest BCUT2D eigenvalue weighted by molar-refractivity contribution is 0.111. The summed E-state index contributed by atoms with van der Waals surface area (Å²) in [6.07, 6.45) is 12.3. The highest BCUT2D eigenvalue weighted by Crippen LogP contribution is 2.40. The summed E-state index contributed by atoms with van der Waals surface area (Å²) in [4.78, 5) is 0. The maximum atomic E-state index is 9.86. The van der Waals surface area contributed by atoms with Crippen molar-refractivity contribution in [2.75, 3.05) is 0 Å². The van der Waals surface area contributed by atoms with E-state index >= 15 is 0 Å². The van der Waals surface area contributed by atoms with E-state index in [1.54, 1.807) is 0 Å². The summed E-state index contributed by atoms with van der Waals surface area (Å²) in [7, 11) is 0. The smallest absolute Gasteiger partial charge is 0.0919 e. The Kier molecular flexibility index (Phi) is 5.14. The molecule has 6 rings (SSSR count). The molecule has 3 aromatic rings. The van der Waals surface area contributed by atoms with Crippen molar-refractivity contribution >= 4 is 16.6 Å². The predicted molar refractivity (Wildman–Crippen MR) is 130 cm³/mol. The molecule has 2 saturated carbocycles. The summed E-state index contributed by atoms with van der Waals surface area (Å²) in [6.45, 7) is 2.21. The zero-order valence-electron chi connectivity index (χ0n) is 19.0. The zero-order valence-corrected chi connectivity index (χ0v) is 19.0. The Bertz CT molecular complexity index is 1160. The highest BCUT2D eigenvalue weighted by Gasteiger charge is 2.27. The summed E-state index contributed by atoms with van der Waals surface area (Å²) in [5.41, 5.74) is 7.50. The number of hydrogen-bond donors (Lipinski definition) is 1. The maximum absolute atomic E-state index is 9.86. The Hall–Kier alpha value is -2.46. The van der Waals surface area contributed by atoms with Gasteiger partial charge < -0.3 is 9.67 Å². The molecule has 1 atom stereocenters. The largest absolute Gasteiger partial charge is 0.393 e. The molecule has 0 spiro atoms. The number of benzene rings is 2. The van der Waals surface area contributed by atoms with Crippen molar-refractivity contribution in [3.8, 4) is 11.1 Å². The van der Waals surface area contributed by atoms with Gasteiger partial charge in [-0.15, -0.1) is 0 Å². The molecular weight excluding hydrogens is 394 g/mol. The lowest BCUT2D eigenvalue weighted by Crippen LogP contribution is -2.20. The van der Waals surface area contributed by atoms with Gasteiger partial charge in [-0.3, -0.25) is 0 Å². The van der Waals surface area contributed by atoms with Gasteiger partial charge in [0.2, 0.25) is 0 Å². The number of aromatic nitrogens is 1. The fourth-order valence-corrected chi connectivity index (χ4v) is 5.82. The van der Waals surface area contributed by atoms with E-state index in [-0.39, 0.29) is 6.10 Å². The molecule has 0 amide bonds. The van der Waals surface area contributed by atoms with Crippen LogP contribution in [-0.4, -0.2) is 21.8 Å². The van der Waals surface area contributed by atoms with Gasteiger partial charge in [0.05, 0.1) is 17.8 Å². The first-order chi connectivity index (χ1) is 15.7. The highest BCUT2D eigenvalue weighted by atomic mass is 16.3. The third-order valence-corrected chi connectivity index (χ3v) is 7.98. The first-order valence-corrected chi connectivity index (χ1v) is 12.5. The Balaban J connectivity index is 1.30. The van der Waals surface area contributed by atoms with Crippen molar-refractivity contribution in [1.82, 2.24) is 4.57 Å². The second-order valence-corrected chi connectivity index (χ2v) is 10.3. The summed E-state index contributed by atoms with van der Waals surface area (Å²) in [5, 5.41) is 20.7. The molecule has 1 N–H and O–H groups in total. The Morgan fingerprint density at radius 3 is 2.62 bits per heavy atom. The van der Waals surface area contributed by atoms with E-state index in [0.29, 0.717) is 12.1 Å². The average molecular weight is 428 g/mol. The van der Waals surface area contributed by atoms with Crippen LogP contribution in [0.25, 0.3) is 22.0 Å². The molecule has 0 saturated heterocycles. The van der Waals surface area contributed by atoms with Crippen LogP contribution in [-0.2, 0) is 6.42 Å². The lowest BCUT2D eigenvalue weighted by Gasteiger charge is -2.27. The van der Waals surface area contributed by atoms with Crippen LogP contribution < -0.4 is 0 Å². The molecule has 2 fully saturated rings. The van der Waals surface area contributed by atoms with Crippen LogP contribution in [0.5, 0.6) is 0 Å². The van der Waals surface area contributed by atoms with Crippen molar-refractivity contribution in [2.24, 2.45) is 16.1 Å². The number of hydrogen-bond acceptors (Lipinski definition) is 3. The normalized spacial score (nSPS) is 25.6. The molecule has 1 unspecified atom stereocenters. The van der Waals surface area contributed by atoms with E-state index in [2.05, 4.69) is 54.1 Å². The molecule has 166 valence electrons. The van der Waals surface area contributed by atoms with E-state index in [1.807, 2.05) is 0 Å². The predicted octanol–water partition coefficient (Wildman–Crippen LogP) is 7.29. The summed E-state index contributed by atoms with van der Waals surface area (Å²) < 4.78 is 2.42. The maximum Gasteiger partial charge on any atom is 0.0919 e. The minimum Gasteiger partial charge on any atom is -0.393 e. The molecule has 0 bridgehead atoms. The molecule has 2 heterocycles. The van der Waals surface area contributed by atoms with E-state index in [4.69, 9.17) is 10.2 Å². The third kappa shape index (κ3) is 3.79. The van der Waals surface area contributed by atoms with Gasteiger partial charge in [0.15, 0.2) is 0 Å². The molecule has 4 nitrogen and oxygen atoms in total. The number of aliphatic hydroxyl groups excluding tert-OH is 1. The molecule has 4 heteroatoms. The number of nitrogens with zero attached hydrogens (tertiary/aromatic N) is 3. The minimum atomic E-state index is -0.114. The molecule has 2 aliphatic carbocycles. The number of azo groups is 1. The van der Waals surface area contributed by atoms with Crippen LogP contribution >= 0.6 is 0 Å². The monoisotopic (exact) mass is 427 g/mol. The number of rotatable bonds is 4. The van der Waals surface area contributed by atoms with Gasteiger partial charge in [0.1, 0.15) is 0 Å². The summed E-state index contributed by atoms with van der Waals surface area (Å²) in [6, 6.07) is 14.6. The van der Waals surface area contributed by atoms with Gasteiger partial charge in [-0.25, -0.2) is 0 Å². The van der Waals surface area contributed by atoms with Crippen molar-refractivity contribution in [3.05, 3.63) is 53.7 Å². The van der Waals surface area contributed by atoms with Crippen LogP contribution in [0.1, 0.15) is 68.5 Å². The fourth-order valence-electron chi connectivity index (χ4n) is 5.82. The van der Waals surface area contributed by atoms with Gasteiger partial charge in [-0.2, -0.15) is 10.2 Å². The average Bonchev–Trinajstić information content (AvgIpc) is 3.56. The SMILES string of the molecule is Cc1c(-c2ccc3c(ccn3C3CCC(O)CC3)c2)ccc2c1N=NC(CC1CC1)CC2. The lowest BCUT2D eigenvalue weighted by atomic mass is 9.92. The van der Waals surface area contributed by atoms with Crippen LogP contribution in [0.3, 0.4) is 0 Å². The van der Waals surface area contributed by atoms with Crippen molar-refractivity contribution in [1.29, 1.82) is 0 Å². The molecule has 32 heavy (non-hydrogen) atoms. The van der Waals surface area contributed by atoms with Gasteiger partial charge in [0.25, 0.3) is 0 Å². The standard InChI is InChI=1S/C28H33N3O/c1-18-26(12-5-20-4-7-23(16-19-2-3-19)29-30-28(18)20)21-6-13-27-22(17-21)14-15-31(27)24-8-10-25(32)11-9-24/h5-6,12-15,17,19,23-25,32H,2-4,7-11,16H2,1H3. The van der Waals surface area contributed by atoms with Crippen molar-refractivity contribution in [3.63, 3.8) is 0 Å². The molecule has 0 radical (unpaired) electrons. The quantitative estimate of drug-likeness (QED) is 0.467. The van der Waals surface area contributed by atoms with E-state index in [1.165, 1.54) is 52.4 Å². The highest BCUT2D eigenvalue weighted by molar-refractivity contribution is 5.87. The molecule has 1 aromatic heterocycles. The Morgan fingerprint density at radius 2 is 1.81 bits per heavy atom. The van der Waals surface area contributed by atoms with Crippen LogP contribution in [0.15, 0.2) is 52.8 Å². The molecule has 3 aliphatic rings. The number of aliphatic hydroxyl groups is 1. The first kappa shape index (κ1) is 20.2. The van der Waals surface area contributed by atoms with Crippen molar-refractivity contribution in [2.45, 2.75) is 82.9 Å². The van der Waals surface area contributed by atoms with E-state index < -0.39 is 0 Å². The molecule has 2 aromatic carbocycles. The van der Waals surface area contributed by atoms with E-state index in [0.717, 1.165) is 50.1 Å². The van der Waals surface area contributed by atoms with Gasteiger partial charge in [-0.05, 0) is 98.2 Å². The van der Waals surface area contributed by atoms with Crippen LogP contribution in [0, 0.1) is 12.8 Å². The van der Waals surface area contributed by atoms with Gasteiger partial charge in [0, 0.05) is 23.1 Å². The first-order valence-electron chi connectivity index (χ1n) is 12.5. The number of aryl methyl sites for hydroxylation is 1. The Morgan fingerprint density at radius 1 is 0.969 bits per heavy atom. The third-order valence-electron chi connectivity index (χ3n) is 7.98. The fraction of sp³-hybridized carbons (Fsp3) is 0.500. The molecule has 1 aliphatic heterocycles. The summed E-state index contributed by atoms with van der Waals surface area (Å²) >= 11 is 0. The van der Waals surface area contributed by atoms with Gasteiger partial charge in [-0.1, -0.05) is 31.0 Å². The number of fused-ring (bicyclic) bond motifs is 2. The van der Waals surface area contributed by atoms with Crippen LogP contribution in [0.4, 0.5) is 5.69 Å². The van der Waals surface area contributed by atoms with Gasteiger partial charge >= 0.3 is 0 Å². The van der Waals surface area contributed by atoms with E-state index in [9.17, 15) is 5.11 Å². The zero-order chi connectivity index (χ0) is 21.7. The topological polar surface area (TPSA) is 49.9 Å². The molecular formula is C28H33N3O. The van der Waals surface area contributed by atoms with Crippen molar-refractivity contribution < 1.29 is 5.11 Å². The Labute approximate surface area is 190 Å². The van der Waals surface area contributed by atoms with Crippen LogP contribution in [0.2, 0.25) is 0 Å².